The number of alkyl halides is 7. The van der Waals surface area contributed by atoms with Crippen molar-refractivity contribution in [1.29, 1.82) is 0 Å². The molecule has 12 rings (SSSR count). The third-order valence-corrected chi connectivity index (χ3v) is 28.6. The van der Waals surface area contributed by atoms with E-state index in [0.29, 0.717) is 94.3 Å². The van der Waals surface area contributed by atoms with E-state index in [1.54, 1.807) is 9.81 Å². The van der Waals surface area contributed by atoms with Gasteiger partial charge < -0.3 is 48.1 Å². The Morgan fingerprint density at radius 3 is 1.12 bits per heavy atom. The molecule has 3 N–H and O–H groups in total. The number of benzene rings is 3. The van der Waals surface area contributed by atoms with Crippen molar-refractivity contribution in [2.45, 2.75) is 189 Å². The molecule has 3 aromatic carbocycles. The lowest BCUT2D eigenvalue weighted by Crippen LogP contribution is -2.43. The Bertz CT molecular complexity index is 3210. The van der Waals surface area contributed by atoms with Gasteiger partial charge in [0.05, 0.1) is 59.6 Å². The van der Waals surface area contributed by atoms with Gasteiger partial charge in [0.15, 0.2) is 69.7 Å². The zero-order valence-corrected chi connectivity index (χ0v) is 59.9. The number of hydrogen-bond acceptors (Lipinski definition) is 18. The fourth-order valence-corrected chi connectivity index (χ4v) is 20.6. The molecule has 5 saturated heterocycles. The molecule has 5 aliphatic heterocycles. The number of Topliss-reactive ketones (excluding diaryl/α,β-unsaturated/α-hetero) is 2. The van der Waals surface area contributed by atoms with Crippen LogP contribution in [0, 0.1) is 64.2 Å². The summed E-state index contributed by atoms with van der Waals surface area (Å²) in [5.74, 6) is -14.4. The van der Waals surface area contributed by atoms with Crippen LogP contribution in [0.4, 0.5) is 70.2 Å². The second kappa shape index (κ2) is 41.9. The molecule has 4 saturated carbocycles. The summed E-state index contributed by atoms with van der Waals surface area (Å²) in [4.78, 5) is 30.2. The summed E-state index contributed by atoms with van der Waals surface area (Å²) in [6.07, 6.45) is 3.42. The maximum Gasteiger partial charge on any atom is 0.522 e. The Balaban J connectivity index is 0.000000318. The number of rotatable bonds is 7. The van der Waals surface area contributed by atoms with Gasteiger partial charge in [0.1, 0.15) is 28.8 Å². The molecule has 0 radical (unpaired) electrons. The number of ether oxygens (including phenoxy) is 8. The van der Waals surface area contributed by atoms with Crippen molar-refractivity contribution in [2.75, 3.05) is 62.7 Å². The molecule has 9 fully saturated rings. The Morgan fingerprint density at radius 2 is 0.796 bits per heavy atom. The van der Waals surface area contributed by atoms with Crippen molar-refractivity contribution in [2.24, 2.45) is 11.8 Å². The third-order valence-electron chi connectivity index (χ3n) is 16.1. The summed E-state index contributed by atoms with van der Waals surface area (Å²) < 4.78 is 272. The van der Waals surface area contributed by atoms with Gasteiger partial charge in [-0.3, -0.25) is 18.9 Å². The molecule has 9 aliphatic rings. The monoisotopic (exact) mass is 1610 g/mol. The standard InChI is InChI=1S/C15H15F5O3.C13H11F5O2.C12H18O2S2.C8H12O3.C7H16S2Si.C6H3F3O.CHF3O3S.CH2O2.2CH4/c16-11-7-10(8-12(17)13(11)18)23-15(19,20)9-1-3-14(4-2-9)21-5-6-22-14;14-10-5-9(6-11(15)12(10)16)20-13(17,18)7-1-3-8(19)4-2-7;1-8-15-11(16-9-1)10-2-4-12(5-3-10)13-6-7-14-12;9-7-1-3-8(4-2-7)10-5-6-11-8;1-10(2,3)7-8-5-4-6-9-7;7-4-1-3(10)2-5(8)6(4)9;2-1(3,4)8(5,6)7;2-1-3;;/h7-9H,1-6H2;5-7H,1-4H2;1-9H2;1-6H2;7H,4-6H2,1-3H3;1-2,10H;(H,5,6,7);1H,(H,2,3);2*1H4. The Morgan fingerprint density at radius 1 is 0.505 bits per heavy atom. The fraction of sp³-hybridized carbons (Fsp3) is 0.646. The van der Waals surface area contributed by atoms with Crippen molar-refractivity contribution < 1.29 is 146 Å². The molecule has 0 amide bonds. The van der Waals surface area contributed by atoms with Crippen LogP contribution in [-0.2, 0) is 52.9 Å². The lowest BCUT2D eigenvalue weighted by Gasteiger charge is -2.37. The summed E-state index contributed by atoms with van der Waals surface area (Å²) in [6, 6.07) is 2.52. The summed E-state index contributed by atoms with van der Waals surface area (Å²) in [7, 11) is -6.67. The number of aromatic hydroxyl groups is 1. The average Bonchev–Trinajstić information content (AvgIpc) is 1.79. The fourth-order valence-electron chi connectivity index (χ4n) is 10.9. The second-order valence-corrected chi connectivity index (χ2v) is 37.4. The Hall–Kier alpha value is -4.22. The number of ketones is 2. The minimum absolute atomic E-state index is 0. The van der Waals surface area contributed by atoms with Gasteiger partial charge in [-0.25, -0.2) is 39.5 Å². The summed E-state index contributed by atoms with van der Waals surface area (Å²) in [5.41, 5.74) is -3.87. The summed E-state index contributed by atoms with van der Waals surface area (Å²) in [5, 5.41) is 15.4. The highest BCUT2D eigenvalue weighted by Gasteiger charge is 2.51. The number of halogens is 16. The van der Waals surface area contributed by atoms with Crippen LogP contribution >= 0.6 is 47.0 Å². The van der Waals surface area contributed by atoms with Crippen molar-refractivity contribution in [3.05, 3.63) is 98.6 Å². The van der Waals surface area contributed by atoms with Crippen LogP contribution in [-0.4, -0.2) is 151 Å². The van der Waals surface area contributed by atoms with E-state index in [-0.39, 0.29) is 77.2 Å². The van der Waals surface area contributed by atoms with Gasteiger partial charge in [-0.2, -0.15) is 62.7 Å². The van der Waals surface area contributed by atoms with Crippen molar-refractivity contribution in [3.63, 3.8) is 0 Å². The molecule has 3 aromatic rings. The highest BCUT2D eigenvalue weighted by Crippen LogP contribution is 2.48. The van der Waals surface area contributed by atoms with E-state index in [1.807, 2.05) is 0 Å². The number of carbonyl (C=O) groups is 3. The maximum atomic E-state index is 14.2. The van der Waals surface area contributed by atoms with E-state index in [9.17, 15) is 79.8 Å². The first kappa shape index (κ1) is 93.0. The normalized spacial score (nSPS) is 21.0. The molecule has 16 nitrogen and oxygen atoms in total. The Kier molecular flexibility index (Phi) is 37.9. The van der Waals surface area contributed by atoms with Gasteiger partial charge in [0, 0.05) is 109 Å². The molecule has 0 bridgehead atoms. The molecule has 0 atom stereocenters. The van der Waals surface area contributed by atoms with E-state index in [1.165, 1.54) is 48.7 Å². The van der Waals surface area contributed by atoms with Crippen LogP contribution in [0.15, 0.2) is 46.2 Å². The largest absolute Gasteiger partial charge is 0.522 e. The molecule has 588 valence electrons. The van der Waals surface area contributed by atoms with Crippen LogP contribution in [0.2, 0.25) is 19.6 Å². The zero-order valence-electron chi connectivity index (χ0n) is 54.8. The topological polar surface area (TPSA) is 220 Å². The highest BCUT2D eigenvalue weighted by molar-refractivity contribution is 8.22. The number of thioether (sulfide) groups is 4. The van der Waals surface area contributed by atoms with E-state index in [4.69, 9.17) is 56.4 Å². The van der Waals surface area contributed by atoms with Gasteiger partial charge >= 0.3 is 27.8 Å². The summed E-state index contributed by atoms with van der Waals surface area (Å²) >= 11 is 8.51. The maximum absolute atomic E-state index is 14.2. The van der Waals surface area contributed by atoms with Crippen molar-refractivity contribution in [3.8, 4) is 17.2 Å². The Labute approximate surface area is 605 Å². The minimum atomic E-state index is -5.84. The number of allylic oxidation sites excluding steroid dienone is 1. The van der Waals surface area contributed by atoms with Crippen LogP contribution in [0.3, 0.4) is 0 Å². The molecule has 5 heterocycles. The SMILES string of the molecule is C.C.C1CSC(=C2CCC3(CC2)OCCO3)SC1.C[Si](C)(C)C1SCCCS1.Fc1cc(OC(F)(F)C2CCC3(CC2)OCCO3)cc(F)c1F.O=C1CCC(C(F)(F)Oc2cc(F)c(F)c(F)c2)CC1.O=C1CCC2(CC1)OCCO2.O=CO.O=S(=O)(O)C(F)(F)F.Oc1cc(F)c(F)c(F)c1. The van der Waals surface area contributed by atoms with E-state index >= 15 is 0 Å². The van der Waals surface area contributed by atoms with Crippen molar-refractivity contribution >= 4 is 83.3 Å². The second-order valence-electron chi connectivity index (χ2n) is 24.7. The van der Waals surface area contributed by atoms with Crippen LogP contribution in [0.5, 0.6) is 17.2 Å². The highest BCUT2D eigenvalue weighted by atomic mass is 32.2. The predicted octanol–water partition coefficient (Wildman–Crippen LogP) is 18.3. The number of phenolic OH excluding ortho intramolecular Hbond substituents is 1. The lowest BCUT2D eigenvalue weighted by molar-refractivity contribution is -0.248. The van der Waals surface area contributed by atoms with Crippen LogP contribution < -0.4 is 9.47 Å². The van der Waals surface area contributed by atoms with E-state index < -0.39 is 123 Å². The quantitative estimate of drug-likeness (QED) is 0.0500. The molecular formula is C65H86F16O16S5Si. The van der Waals surface area contributed by atoms with Gasteiger partial charge in [-0.05, 0) is 80.0 Å². The average molecular weight is 1620 g/mol. The van der Waals surface area contributed by atoms with Gasteiger partial charge in [0.2, 0.25) is 0 Å². The number of carboxylic acid groups (broad SMARTS) is 1. The molecule has 0 aromatic heterocycles. The molecule has 0 unspecified atom stereocenters. The lowest BCUT2D eigenvalue weighted by atomic mass is 9.84. The molecule has 4 aliphatic carbocycles. The third kappa shape index (κ3) is 29.7. The van der Waals surface area contributed by atoms with Crippen molar-refractivity contribution in [1.82, 2.24) is 0 Å². The molecular weight excluding hydrogens is 1530 g/mol. The van der Waals surface area contributed by atoms with Gasteiger partial charge in [0.25, 0.3) is 6.47 Å². The number of hydrogen-bond donors (Lipinski definition) is 3. The number of phenols is 1. The zero-order chi connectivity index (χ0) is 75.2. The minimum Gasteiger partial charge on any atom is -0.508 e. The first-order valence-corrected chi connectivity index (χ1v) is 40.7. The predicted molar refractivity (Wildman–Crippen MR) is 360 cm³/mol. The first-order valence-electron chi connectivity index (χ1n) is 31.6. The number of carbonyl (C=O) groups excluding carboxylic acids is 2. The summed E-state index contributed by atoms with van der Waals surface area (Å²) in [6.45, 7) is 11.0. The van der Waals surface area contributed by atoms with E-state index in [2.05, 4.69) is 76.2 Å². The van der Waals surface area contributed by atoms with Gasteiger partial charge in [-0.15, -0.1) is 23.5 Å². The first-order chi connectivity index (χ1) is 47.2. The van der Waals surface area contributed by atoms with Crippen LogP contribution in [0.1, 0.15) is 130 Å². The van der Waals surface area contributed by atoms with Gasteiger partial charge in [-0.1, -0.05) is 34.5 Å². The smallest absolute Gasteiger partial charge is 0.508 e. The molecule has 38 heteroatoms. The van der Waals surface area contributed by atoms with E-state index in [0.717, 1.165) is 43.1 Å². The molecule has 103 heavy (non-hydrogen) atoms. The molecule has 3 spiro atoms. The van der Waals surface area contributed by atoms with Crippen LogP contribution in [0.25, 0.3) is 0 Å².